The number of aliphatic hydroxyl groups is 1. The highest BCUT2D eigenvalue weighted by Crippen LogP contribution is 2.22. The van der Waals surface area contributed by atoms with E-state index in [-0.39, 0.29) is 0 Å². The van der Waals surface area contributed by atoms with Crippen LogP contribution in [0.5, 0.6) is 0 Å². The molecule has 0 aliphatic carbocycles. The van der Waals surface area contributed by atoms with E-state index in [4.69, 9.17) is 11.6 Å². The van der Waals surface area contributed by atoms with E-state index in [1.807, 2.05) is 60.7 Å². The molecule has 128 valence electrons. The fourth-order valence-electron chi connectivity index (χ4n) is 2.86. The maximum Gasteiger partial charge on any atom is 0.104 e. The van der Waals surface area contributed by atoms with Gasteiger partial charge in [0.25, 0.3) is 0 Å². The molecule has 2 nitrogen and oxygen atoms in total. The summed E-state index contributed by atoms with van der Waals surface area (Å²) >= 11 is 6.01. The van der Waals surface area contributed by atoms with Crippen LogP contribution in [0.15, 0.2) is 78.9 Å². The Bertz CT molecular complexity index is 804. The van der Waals surface area contributed by atoms with Gasteiger partial charge in [0.2, 0.25) is 0 Å². The summed E-state index contributed by atoms with van der Waals surface area (Å²) in [5.74, 6) is 0. The van der Waals surface area contributed by atoms with E-state index in [9.17, 15) is 5.11 Å². The van der Waals surface area contributed by atoms with Crippen molar-refractivity contribution >= 4 is 11.6 Å². The summed E-state index contributed by atoms with van der Waals surface area (Å²) < 4.78 is 0. The topological polar surface area (TPSA) is 32.3 Å². The molecule has 0 aliphatic heterocycles. The summed E-state index contributed by atoms with van der Waals surface area (Å²) in [5.41, 5.74) is 4.22. The fraction of sp³-hybridized carbons (Fsp3) is 0.182. The zero-order valence-corrected chi connectivity index (χ0v) is 14.8. The van der Waals surface area contributed by atoms with Crippen molar-refractivity contribution in [2.24, 2.45) is 0 Å². The van der Waals surface area contributed by atoms with Crippen LogP contribution >= 0.6 is 11.6 Å². The third-order valence-corrected chi connectivity index (χ3v) is 4.43. The summed E-state index contributed by atoms with van der Waals surface area (Å²) in [6.45, 7) is 1.65. The Morgan fingerprint density at radius 2 is 1.52 bits per heavy atom. The van der Waals surface area contributed by atoms with Crippen molar-refractivity contribution in [3.63, 3.8) is 0 Å². The van der Waals surface area contributed by atoms with Gasteiger partial charge < -0.3 is 10.4 Å². The summed E-state index contributed by atoms with van der Waals surface area (Å²) in [5, 5.41) is 14.8. The lowest BCUT2D eigenvalue weighted by molar-refractivity contribution is 0.220. The molecule has 3 rings (SSSR count). The Hall–Kier alpha value is -2.13. The molecule has 0 fully saturated rings. The first-order valence-corrected chi connectivity index (χ1v) is 8.87. The molecular weight excluding hydrogens is 330 g/mol. The predicted octanol–water partition coefficient (Wildman–Crippen LogP) is 4.75. The van der Waals surface area contributed by atoms with Crippen LogP contribution in [0.1, 0.15) is 28.4 Å². The number of halogens is 1. The van der Waals surface area contributed by atoms with E-state index < -0.39 is 6.10 Å². The standard InChI is InChI=1S/C22H22ClNO/c23-21-11-5-6-17(15-21)12-13-24-16-18-7-4-10-20(14-18)22(25)19-8-2-1-3-9-19/h1-11,14-15,22,24-25H,12-13,16H2. The van der Waals surface area contributed by atoms with Gasteiger partial charge in [-0.1, -0.05) is 78.3 Å². The normalized spacial score (nSPS) is 12.1. The highest BCUT2D eigenvalue weighted by molar-refractivity contribution is 6.30. The van der Waals surface area contributed by atoms with E-state index in [0.717, 1.165) is 35.7 Å². The first kappa shape index (κ1) is 17.7. The van der Waals surface area contributed by atoms with Crippen molar-refractivity contribution in [2.75, 3.05) is 6.54 Å². The van der Waals surface area contributed by atoms with Gasteiger partial charge >= 0.3 is 0 Å². The molecular formula is C22H22ClNO. The van der Waals surface area contributed by atoms with E-state index >= 15 is 0 Å². The maximum absolute atomic E-state index is 10.5. The smallest absolute Gasteiger partial charge is 0.104 e. The average Bonchev–Trinajstić information content (AvgIpc) is 2.66. The number of nitrogens with one attached hydrogen (secondary N) is 1. The van der Waals surface area contributed by atoms with Crippen LogP contribution < -0.4 is 5.32 Å². The van der Waals surface area contributed by atoms with Gasteiger partial charge in [0, 0.05) is 11.6 Å². The molecule has 0 saturated heterocycles. The van der Waals surface area contributed by atoms with Crippen molar-refractivity contribution in [3.05, 3.63) is 106 Å². The van der Waals surface area contributed by atoms with Gasteiger partial charge in [-0.2, -0.15) is 0 Å². The van der Waals surface area contributed by atoms with Crippen molar-refractivity contribution in [1.82, 2.24) is 5.32 Å². The van der Waals surface area contributed by atoms with Gasteiger partial charge in [-0.3, -0.25) is 0 Å². The van der Waals surface area contributed by atoms with Crippen LogP contribution in [0.3, 0.4) is 0 Å². The minimum Gasteiger partial charge on any atom is -0.384 e. The third kappa shape index (κ3) is 5.17. The molecule has 0 aromatic heterocycles. The first-order chi connectivity index (χ1) is 12.2. The Morgan fingerprint density at radius 3 is 2.32 bits per heavy atom. The van der Waals surface area contributed by atoms with Gasteiger partial charge in [-0.25, -0.2) is 0 Å². The second-order valence-electron chi connectivity index (χ2n) is 6.11. The lowest BCUT2D eigenvalue weighted by Gasteiger charge is -2.13. The van der Waals surface area contributed by atoms with Crippen LogP contribution in [0.2, 0.25) is 5.02 Å². The number of benzene rings is 3. The van der Waals surface area contributed by atoms with Crippen molar-refractivity contribution in [3.8, 4) is 0 Å². The van der Waals surface area contributed by atoms with Gasteiger partial charge in [0.15, 0.2) is 0 Å². The lowest BCUT2D eigenvalue weighted by atomic mass is 10.00. The molecule has 0 radical (unpaired) electrons. The summed E-state index contributed by atoms with van der Waals surface area (Å²) in [7, 11) is 0. The van der Waals surface area contributed by atoms with Crippen LogP contribution in [-0.4, -0.2) is 11.7 Å². The first-order valence-electron chi connectivity index (χ1n) is 8.49. The highest BCUT2D eigenvalue weighted by atomic mass is 35.5. The molecule has 25 heavy (non-hydrogen) atoms. The van der Waals surface area contributed by atoms with Gasteiger partial charge in [0.1, 0.15) is 6.10 Å². The zero-order valence-electron chi connectivity index (χ0n) is 14.0. The quantitative estimate of drug-likeness (QED) is 0.602. The number of hydrogen-bond donors (Lipinski definition) is 2. The van der Waals surface area contributed by atoms with Crippen molar-refractivity contribution in [2.45, 2.75) is 19.1 Å². The molecule has 1 atom stereocenters. The SMILES string of the molecule is OC(c1ccccc1)c1cccc(CNCCc2cccc(Cl)c2)c1. The van der Waals surface area contributed by atoms with Gasteiger partial charge in [0.05, 0.1) is 0 Å². The van der Waals surface area contributed by atoms with Gasteiger partial charge in [-0.05, 0) is 47.4 Å². The molecule has 3 aromatic rings. The lowest BCUT2D eigenvalue weighted by Crippen LogP contribution is -2.17. The number of rotatable bonds is 7. The van der Waals surface area contributed by atoms with E-state index in [0.29, 0.717) is 0 Å². The molecule has 3 aromatic carbocycles. The van der Waals surface area contributed by atoms with Gasteiger partial charge in [-0.15, -0.1) is 0 Å². The highest BCUT2D eigenvalue weighted by Gasteiger charge is 2.10. The average molecular weight is 352 g/mol. The molecule has 0 saturated carbocycles. The molecule has 3 heteroatoms. The van der Waals surface area contributed by atoms with E-state index in [1.165, 1.54) is 11.1 Å². The molecule has 0 spiro atoms. The summed E-state index contributed by atoms with van der Waals surface area (Å²) in [6, 6.07) is 25.8. The summed E-state index contributed by atoms with van der Waals surface area (Å²) in [6.07, 6.45) is 0.347. The number of hydrogen-bond acceptors (Lipinski definition) is 2. The Labute approximate surface area is 154 Å². The second kappa shape index (κ2) is 8.82. The molecule has 0 aliphatic rings. The zero-order chi connectivity index (χ0) is 17.5. The van der Waals surface area contributed by atoms with Crippen LogP contribution in [0.25, 0.3) is 0 Å². The van der Waals surface area contributed by atoms with Crippen LogP contribution in [0, 0.1) is 0 Å². The van der Waals surface area contributed by atoms with Crippen molar-refractivity contribution in [1.29, 1.82) is 0 Å². The monoisotopic (exact) mass is 351 g/mol. The molecule has 2 N–H and O–H groups in total. The molecule has 0 bridgehead atoms. The maximum atomic E-state index is 10.5. The second-order valence-corrected chi connectivity index (χ2v) is 6.55. The minimum absolute atomic E-state index is 0.590. The Balaban J connectivity index is 1.55. The van der Waals surface area contributed by atoms with Crippen LogP contribution in [0.4, 0.5) is 0 Å². The third-order valence-electron chi connectivity index (χ3n) is 4.19. The van der Waals surface area contributed by atoms with E-state index in [2.05, 4.69) is 23.5 Å². The number of aliphatic hydroxyl groups excluding tert-OH is 1. The van der Waals surface area contributed by atoms with Crippen LogP contribution in [-0.2, 0) is 13.0 Å². The Morgan fingerprint density at radius 1 is 0.800 bits per heavy atom. The molecule has 1 unspecified atom stereocenters. The Kier molecular flexibility index (Phi) is 6.24. The predicted molar refractivity (Wildman–Crippen MR) is 104 cm³/mol. The summed E-state index contributed by atoms with van der Waals surface area (Å²) in [4.78, 5) is 0. The molecule has 0 heterocycles. The molecule has 0 amide bonds. The van der Waals surface area contributed by atoms with E-state index in [1.54, 1.807) is 0 Å². The minimum atomic E-state index is -0.590. The fourth-order valence-corrected chi connectivity index (χ4v) is 3.07. The van der Waals surface area contributed by atoms with Crippen molar-refractivity contribution < 1.29 is 5.11 Å². The largest absolute Gasteiger partial charge is 0.384 e.